The second-order valence-corrected chi connectivity index (χ2v) is 7.74. The van der Waals surface area contributed by atoms with Gasteiger partial charge in [0.15, 0.2) is 11.5 Å². The van der Waals surface area contributed by atoms with Crippen LogP contribution >= 0.6 is 11.3 Å². The fourth-order valence-electron chi connectivity index (χ4n) is 3.59. The van der Waals surface area contributed by atoms with Crippen molar-refractivity contribution in [1.82, 2.24) is 4.90 Å². The number of benzene rings is 2. The van der Waals surface area contributed by atoms with E-state index in [-0.39, 0.29) is 11.8 Å². The second-order valence-electron chi connectivity index (χ2n) is 6.96. The second kappa shape index (κ2) is 8.59. The van der Waals surface area contributed by atoms with E-state index in [0.717, 1.165) is 17.5 Å². The Bertz CT molecular complexity index is 1080. The molecule has 0 aliphatic carbocycles. The van der Waals surface area contributed by atoms with Crippen molar-refractivity contribution in [2.24, 2.45) is 0 Å². The minimum atomic E-state index is -0.225. The normalized spacial score (nSPS) is 12.8. The molecule has 0 atom stereocenters. The number of amides is 2. The smallest absolute Gasteiger partial charge is 0.256 e. The van der Waals surface area contributed by atoms with Crippen molar-refractivity contribution in [3.63, 3.8) is 0 Å². The summed E-state index contributed by atoms with van der Waals surface area (Å²) in [6, 6.07) is 12.8. The van der Waals surface area contributed by atoms with E-state index in [1.165, 1.54) is 11.3 Å². The number of para-hydroxylation sites is 1. The Hall–Kier alpha value is -3.32. The summed E-state index contributed by atoms with van der Waals surface area (Å²) in [4.78, 5) is 27.6. The number of rotatable bonds is 5. The Morgan fingerprint density at radius 1 is 1.03 bits per heavy atom. The lowest BCUT2D eigenvalue weighted by molar-refractivity contribution is 0.0735. The lowest BCUT2D eigenvalue weighted by Crippen LogP contribution is -2.36. The number of hydrogen-bond acceptors (Lipinski definition) is 5. The maximum absolute atomic E-state index is 13.3. The van der Waals surface area contributed by atoms with Crippen LogP contribution in [0.5, 0.6) is 11.5 Å². The SMILES string of the molecule is COc1cc2c(cc1OC)CN(C(=O)c1ccccc1NC(=O)c1ccsc1)CC2. The summed E-state index contributed by atoms with van der Waals surface area (Å²) in [5, 5.41) is 6.50. The molecular weight excluding hydrogens is 400 g/mol. The molecule has 4 rings (SSSR count). The van der Waals surface area contributed by atoms with Gasteiger partial charge in [0, 0.05) is 18.5 Å². The minimum absolute atomic E-state index is 0.114. The molecule has 7 heteroatoms. The average Bonchev–Trinajstić information content (AvgIpc) is 3.33. The molecule has 1 aliphatic heterocycles. The Morgan fingerprint density at radius 2 is 1.77 bits per heavy atom. The van der Waals surface area contributed by atoms with Gasteiger partial charge in [0.05, 0.1) is 31.0 Å². The first-order chi connectivity index (χ1) is 14.6. The molecule has 1 N–H and O–H groups in total. The van der Waals surface area contributed by atoms with Crippen LogP contribution < -0.4 is 14.8 Å². The van der Waals surface area contributed by atoms with Gasteiger partial charge < -0.3 is 19.7 Å². The number of hydrogen-bond donors (Lipinski definition) is 1. The fourth-order valence-corrected chi connectivity index (χ4v) is 4.23. The van der Waals surface area contributed by atoms with Gasteiger partial charge in [-0.1, -0.05) is 12.1 Å². The molecule has 0 spiro atoms. The molecule has 0 radical (unpaired) electrons. The topological polar surface area (TPSA) is 67.9 Å². The third kappa shape index (κ3) is 3.89. The Labute approximate surface area is 179 Å². The van der Waals surface area contributed by atoms with Crippen molar-refractivity contribution in [3.05, 3.63) is 75.5 Å². The lowest BCUT2D eigenvalue weighted by Gasteiger charge is -2.30. The quantitative estimate of drug-likeness (QED) is 0.669. The summed E-state index contributed by atoms with van der Waals surface area (Å²) in [5.41, 5.74) is 3.75. The number of methoxy groups -OCH3 is 2. The first-order valence-electron chi connectivity index (χ1n) is 9.56. The van der Waals surface area contributed by atoms with Gasteiger partial charge in [-0.25, -0.2) is 0 Å². The van der Waals surface area contributed by atoms with Crippen molar-refractivity contribution in [3.8, 4) is 11.5 Å². The number of fused-ring (bicyclic) bond motifs is 1. The van der Waals surface area contributed by atoms with Crippen molar-refractivity contribution in [2.45, 2.75) is 13.0 Å². The summed E-state index contributed by atoms with van der Waals surface area (Å²) >= 11 is 1.46. The molecule has 0 bridgehead atoms. The van der Waals surface area contributed by atoms with Gasteiger partial charge in [-0.15, -0.1) is 0 Å². The molecular formula is C23H22N2O4S. The number of anilines is 1. The average molecular weight is 423 g/mol. The van der Waals surface area contributed by atoms with Gasteiger partial charge in [-0.2, -0.15) is 11.3 Å². The van der Waals surface area contributed by atoms with E-state index in [2.05, 4.69) is 5.32 Å². The molecule has 3 aromatic rings. The zero-order valence-electron chi connectivity index (χ0n) is 16.8. The first-order valence-corrected chi connectivity index (χ1v) is 10.5. The largest absolute Gasteiger partial charge is 0.493 e. The number of carbonyl (C=O) groups is 2. The Balaban J connectivity index is 1.57. The van der Waals surface area contributed by atoms with Gasteiger partial charge >= 0.3 is 0 Å². The van der Waals surface area contributed by atoms with E-state index < -0.39 is 0 Å². The molecule has 2 amide bonds. The number of ether oxygens (including phenoxy) is 2. The van der Waals surface area contributed by atoms with Crippen LogP contribution in [0.2, 0.25) is 0 Å². The van der Waals surface area contributed by atoms with Crippen molar-refractivity contribution < 1.29 is 19.1 Å². The third-order valence-electron chi connectivity index (χ3n) is 5.19. The van der Waals surface area contributed by atoms with Crippen LogP contribution in [-0.4, -0.2) is 37.5 Å². The van der Waals surface area contributed by atoms with Crippen LogP contribution in [0.1, 0.15) is 31.8 Å². The highest BCUT2D eigenvalue weighted by Gasteiger charge is 2.25. The molecule has 0 saturated carbocycles. The summed E-state index contributed by atoms with van der Waals surface area (Å²) in [6.07, 6.45) is 0.727. The van der Waals surface area contributed by atoms with Crippen molar-refractivity contribution >= 4 is 28.8 Å². The minimum Gasteiger partial charge on any atom is -0.493 e. The first kappa shape index (κ1) is 20.0. The molecule has 1 aromatic heterocycles. The van der Waals surface area contributed by atoms with E-state index in [1.54, 1.807) is 48.8 Å². The monoisotopic (exact) mass is 422 g/mol. The van der Waals surface area contributed by atoms with E-state index in [9.17, 15) is 9.59 Å². The molecule has 0 fully saturated rings. The number of thiophene rings is 1. The number of nitrogens with one attached hydrogen (secondary N) is 1. The molecule has 0 unspecified atom stereocenters. The Kier molecular flexibility index (Phi) is 5.72. The van der Waals surface area contributed by atoms with Gasteiger partial charge in [0.2, 0.25) is 0 Å². The molecule has 2 aromatic carbocycles. The van der Waals surface area contributed by atoms with E-state index in [1.807, 2.05) is 23.6 Å². The van der Waals surface area contributed by atoms with Crippen LogP contribution in [0, 0.1) is 0 Å². The molecule has 154 valence electrons. The number of nitrogens with zero attached hydrogens (tertiary/aromatic N) is 1. The molecule has 2 heterocycles. The maximum atomic E-state index is 13.3. The van der Waals surface area contributed by atoms with E-state index in [0.29, 0.717) is 41.4 Å². The highest BCUT2D eigenvalue weighted by atomic mass is 32.1. The zero-order chi connectivity index (χ0) is 21.1. The summed E-state index contributed by atoms with van der Waals surface area (Å²) < 4.78 is 10.8. The Morgan fingerprint density at radius 3 is 2.47 bits per heavy atom. The molecule has 1 aliphatic rings. The molecule has 0 saturated heterocycles. The van der Waals surface area contributed by atoms with E-state index in [4.69, 9.17) is 9.47 Å². The van der Waals surface area contributed by atoms with Crippen LogP contribution in [0.15, 0.2) is 53.2 Å². The summed E-state index contributed by atoms with van der Waals surface area (Å²) in [6.45, 7) is 1.06. The van der Waals surface area contributed by atoms with Gasteiger partial charge in [-0.3, -0.25) is 9.59 Å². The zero-order valence-corrected chi connectivity index (χ0v) is 17.6. The van der Waals surface area contributed by atoms with Crippen molar-refractivity contribution in [2.75, 3.05) is 26.1 Å². The van der Waals surface area contributed by atoms with Crippen LogP contribution in [-0.2, 0) is 13.0 Å². The van der Waals surface area contributed by atoms with Crippen LogP contribution in [0.3, 0.4) is 0 Å². The summed E-state index contributed by atoms with van der Waals surface area (Å²) in [7, 11) is 3.21. The van der Waals surface area contributed by atoms with Crippen LogP contribution in [0.4, 0.5) is 5.69 Å². The predicted molar refractivity (Wildman–Crippen MR) is 117 cm³/mol. The predicted octanol–water partition coefficient (Wildman–Crippen LogP) is 4.22. The van der Waals surface area contributed by atoms with Crippen molar-refractivity contribution in [1.29, 1.82) is 0 Å². The molecule has 30 heavy (non-hydrogen) atoms. The maximum Gasteiger partial charge on any atom is 0.256 e. The van der Waals surface area contributed by atoms with E-state index >= 15 is 0 Å². The summed E-state index contributed by atoms with van der Waals surface area (Å²) in [5.74, 6) is 1.00. The van der Waals surface area contributed by atoms with Crippen LogP contribution in [0.25, 0.3) is 0 Å². The van der Waals surface area contributed by atoms with Gasteiger partial charge in [0.1, 0.15) is 0 Å². The highest BCUT2D eigenvalue weighted by molar-refractivity contribution is 7.08. The fraction of sp³-hybridized carbons (Fsp3) is 0.217. The lowest BCUT2D eigenvalue weighted by atomic mass is 9.98. The van der Waals surface area contributed by atoms with Gasteiger partial charge in [0.25, 0.3) is 11.8 Å². The van der Waals surface area contributed by atoms with Gasteiger partial charge in [-0.05, 0) is 53.3 Å². The third-order valence-corrected chi connectivity index (χ3v) is 5.88. The standard InChI is InChI=1S/C23H22N2O4S/c1-28-20-11-15-7-9-25(13-17(15)12-21(20)29-2)23(27)18-5-3-4-6-19(18)24-22(26)16-8-10-30-14-16/h3-6,8,10-12,14H,7,9,13H2,1-2H3,(H,24,26). The highest BCUT2D eigenvalue weighted by Crippen LogP contribution is 2.34. The number of carbonyl (C=O) groups excluding carboxylic acids is 2. The molecule has 6 nitrogen and oxygen atoms in total.